The van der Waals surface area contributed by atoms with Gasteiger partial charge in [0.2, 0.25) is 10.0 Å². The molecule has 0 aliphatic carbocycles. The molecule has 0 N–H and O–H groups in total. The summed E-state index contributed by atoms with van der Waals surface area (Å²) in [6, 6.07) is 1.60. The molecule has 1 aromatic heterocycles. The van der Waals surface area contributed by atoms with E-state index in [1.54, 1.807) is 13.1 Å². The molecule has 1 aromatic rings. The van der Waals surface area contributed by atoms with Crippen molar-refractivity contribution < 1.29 is 13.2 Å². The SMILES string of the molecule is Cc1sc(Br)cc1S(=O)(=O)N(C)C1CCOC1C. The minimum absolute atomic E-state index is 0.0489. The Kier molecular flexibility index (Phi) is 4.18. The van der Waals surface area contributed by atoms with Crippen LogP contribution in [-0.2, 0) is 14.8 Å². The zero-order valence-corrected chi connectivity index (χ0v) is 13.7. The Bertz CT molecular complexity index is 540. The van der Waals surface area contributed by atoms with Gasteiger partial charge in [0.05, 0.1) is 20.8 Å². The van der Waals surface area contributed by atoms with Gasteiger partial charge in [0.15, 0.2) is 0 Å². The molecule has 0 aromatic carbocycles. The molecule has 2 rings (SSSR count). The first kappa shape index (κ1) is 14.5. The lowest BCUT2D eigenvalue weighted by Gasteiger charge is -2.25. The van der Waals surface area contributed by atoms with Crippen LogP contribution < -0.4 is 0 Å². The topological polar surface area (TPSA) is 46.6 Å². The summed E-state index contributed by atoms with van der Waals surface area (Å²) < 4.78 is 32.8. The molecule has 0 saturated carbocycles. The van der Waals surface area contributed by atoms with Crippen LogP contribution >= 0.6 is 27.3 Å². The van der Waals surface area contributed by atoms with Crippen LogP contribution in [0, 0.1) is 6.92 Å². The van der Waals surface area contributed by atoms with Crippen LogP contribution in [0.3, 0.4) is 0 Å². The lowest BCUT2D eigenvalue weighted by molar-refractivity contribution is 0.102. The molecule has 2 unspecified atom stereocenters. The Morgan fingerprint density at radius 3 is 2.67 bits per heavy atom. The second kappa shape index (κ2) is 5.20. The summed E-state index contributed by atoms with van der Waals surface area (Å²) in [7, 11) is -1.80. The van der Waals surface area contributed by atoms with Crippen LogP contribution in [0.4, 0.5) is 0 Å². The van der Waals surface area contributed by atoms with Gasteiger partial charge >= 0.3 is 0 Å². The fraction of sp³-hybridized carbons (Fsp3) is 0.636. The quantitative estimate of drug-likeness (QED) is 0.838. The van der Waals surface area contributed by atoms with Crippen LogP contribution in [0.2, 0.25) is 0 Å². The van der Waals surface area contributed by atoms with Crippen LogP contribution in [-0.4, -0.2) is 38.5 Å². The Hall–Kier alpha value is 0.0500. The maximum absolute atomic E-state index is 12.6. The Balaban J connectivity index is 2.34. The number of ether oxygens (including phenoxy) is 1. The van der Waals surface area contributed by atoms with Crippen LogP contribution in [0.15, 0.2) is 14.7 Å². The van der Waals surface area contributed by atoms with Gasteiger partial charge in [-0.3, -0.25) is 0 Å². The van der Waals surface area contributed by atoms with Crippen LogP contribution in [0.5, 0.6) is 0 Å². The summed E-state index contributed by atoms with van der Waals surface area (Å²) in [4.78, 5) is 1.20. The second-order valence-electron chi connectivity index (χ2n) is 4.42. The van der Waals surface area contributed by atoms with E-state index >= 15 is 0 Å². The Morgan fingerprint density at radius 2 is 2.22 bits per heavy atom. The van der Waals surface area contributed by atoms with Gasteiger partial charge < -0.3 is 4.74 Å². The highest BCUT2D eigenvalue weighted by molar-refractivity contribution is 9.11. The predicted octanol–water partition coefficient (Wildman–Crippen LogP) is 2.62. The van der Waals surface area contributed by atoms with E-state index in [4.69, 9.17) is 4.74 Å². The molecule has 0 spiro atoms. The number of halogens is 1. The van der Waals surface area contributed by atoms with E-state index in [9.17, 15) is 8.42 Å². The molecule has 1 aliphatic rings. The van der Waals surface area contributed by atoms with Gasteiger partial charge in [0.25, 0.3) is 0 Å². The van der Waals surface area contributed by atoms with E-state index in [0.29, 0.717) is 11.5 Å². The number of aryl methyl sites for hydroxylation is 1. The van der Waals surface area contributed by atoms with Gasteiger partial charge in [-0.15, -0.1) is 11.3 Å². The average Bonchev–Trinajstić information content (AvgIpc) is 2.83. The Labute approximate surface area is 120 Å². The number of hydrogen-bond donors (Lipinski definition) is 0. The number of rotatable bonds is 3. The number of sulfonamides is 1. The predicted molar refractivity (Wildman–Crippen MR) is 75.5 cm³/mol. The van der Waals surface area contributed by atoms with Crippen molar-refractivity contribution in [3.8, 4) is 0 Å². The van der Waals surface area contributed by atoms with Crippen molar-refractivity contribution in [1.29, 1.82) is 0 Å². The molecule has 2 heterocycles. The largest absolute Gasteiger partial charge is 0.377 e. The lowest BCUT2D eigenvalue weighted by atomic mass is 10.2. The van der Waals surface area contributed by atoms with Crippen molar-refractivity contribution in [1.82, 2.24) is 4.31 Å². The van der Waals surface area contributed by atoms with Gasteiger partial charge in [0, 0.05) is 18.5 Å². The van der Waals surface area contributed by atoms with E-state index in [-0.39, 0.29) is 12.1 Å². The molecule has 4 nitrogen and oxygen atoms in total. The summed E-state index contributed by atoms with van der Waals surface area (Å²) in [6.07, 6.45) is 0.702. The van der Waals surface area contributed by atoms with Gasteiger partial charge in [-0.25, -0.2) is 8.42 Å². The standard InChI is InChI=1S/C11H16BrNO3S2/c1-7-9(4-5-16-7)13(3)18(14,15)10-6-11(12)17-8(10)2/h6-7,9H,4-5H2,1-3H3. The molecule has 1 saturated heterocycles. The third-order valence-corrected chi connectivity index (χ3v) is 6.99. The number of thiophene rings is 1. The fourth-order valence-corrected chi connectivity index (χ4v) is 6.04. The fourth-order valence-electron chi connectivity index (χ4n) is 2.22. The lowest BCUT2D eigenvalue weighted by Crippen LogP contribution is -2.40. The van der Waals surface area contributed by atoms with Crippen molar-refractivity contribution >= 4 is 37.3 Å². The second-order valence-corrected chi connectivity index (χ2v) is 9.03. The first-order valence-corrected chi connectivity index (χ1v) is 8.74. The third-order valence-electron chi connectivity index (χ3n) is 3.30. The summed E-state index contributed by atoms with van der Waals surface area (Å²) in [6.45, 7) is 4.36. The van der Waals surface area contributed by atoms with Crippen molar-refractivity contribution in [3.63, 3.8) is 0 Å². The highest BCUT2D eigenvalue weighted by Gasteiger charge is 2.36. The smallest absolute Gasteiger partial charge is 0.244 e. The van der Waals surface area contributed by atoms with Crippen molar-refractivity contribution in [2.24, 2.45) is 0 Å². The molecule has 0 amide bonds. The zero-order chi connectivity index (χ0) is 13.5. The molecule has 0 bridgehead atoms. The van der Waals surface area contributed by atoms with Gasteiger partial charge in [-0.05, 0) is 42.3 Å². The van der Waals surface area contributed by atoms with E-state index in [1.807, 2.05) is 13.8 Å². The van der Waals surface area contributed by atoms with Crippen LogP contribution in [0.25, 0.3) is 0 Å². The first-order chi connectivity index (χ1) is 8.34. The first-order valence-electron chi connectivity index (χ1n) is 5.69. The molecular formula is C11H16BrNO3S2. The minimum atomic E-state index is -3.43. The number of hydrogen-bond acceptors (Lipinski definition) is 4. The van der Waals surface area contributed by atoms with Crippen LogP contribution in [0.1, 0.15) is 18.2 Å². The molecule has 18 heavy (non-hydrogen) atoms. The highest BCUT2D eigenvalue weighted by Crippen LogP contribution is 2.33. The summed E-state index contributed by atoms with van der Waals surface area (Å²) in [5.74, 6) is 0. The maximum Gasteiger partial charge on any atom is 0.244 e. The summed E-state index contributed by atoms with van der Waals surface area (Å²) in [5, 5.41) is 0. The minimum Gasteiger partial charge on any atom is -0.377 e. The van der Waals surface area contributed by atoms with E-state index < -0.39 is 10.0 Å². The molecule has 7 heteroatoms. The summed E-state index contributed by atoms with van der Waals surface area (Å²) >= 11 is 4.77. The normalized spacial score (nSPS) is 24.9. The highest BCUT2D eigenvalue weighted by atomic mass is 79.9. The average molecular weight is 354 g/mol. The third kappa shape index (κ3) is 2.51. The molecule has 0 radical (unpaired) electrons. The van der Waals surface area contributed by atoms with Crippen molar-refractivity contribution in [2.75, 3.05) is 13.7 Å². The van der Waals surface area contributed by atoms with Gasteiger partial charge in [-0.2, -0.15) is 4.31 Å². The van der Waals surface area contributed by atoms with E-state index in [1.165, 1.54) is 15.6 Å². The number of likely N-dealkylation sites (N-methyl/N-ethyl adjacent to an activating group) is 1. The van der Waals surface area contributed by atoms with E-state index in [2.05, 4.69) is 15.9 Å². The molecule has 2 atom stereocenters. The van der Waals surface area contributed by atoms with Crippen molar-refractivity contribution in [3.05, 3.63) is 14.7 Å². The van der Waals surface area contributed by atoms with Crippen molar-refractivity contribution in [2.45, 2.75) is 37.3 Å². The summed E-state index contributed by atoms with van der Waals surface area (Å²) in [5.41, 5.74) is 0. The zero-order valence-electron chi connectivity index (χ0n) is 10.5. The molecule has 1 aliphatic heterocycles. The number of nitrogens with zero attached hydrogens (tertiary/aromatic N) is 1. The van der Waals surface area contributed by atoms with Gasteiger partial charge in [-0.1, -0.05) is 0 Å². The molecule has 1 fully saturated rings. The molecule has 102 valence electrons. The van der Waals surface area contributed by atoms with E-state index in [0.717, 1.165) is 15.1 Å². The Morgan fingerprint density at radius 1 is 1.56 bits per heavy atom. The monoisotopic (exact) mass is 353 g/mol. The molecular weight excluding hydrogens is 338 g/mol. The van der Waals surface area contributed by atoms with Gasteiger partial charge in [0.1, 0.15) is 0 Å². The maximum atomic E-state index is 12.6.